The summed E-state index contributed by atoms with van der Waals surface area (Å²) >= 11 is 1.78. The van der Waals surface area contributed by atoms with Crippen LogP contribution in [0.3, 0.4) is 0 Å². The van der Waals surface area contributed by atoms with Crippen molar-refractivity contribution >= 4 is 23.4 Å². The number of para-hydroxylation sites is 1. The second kappa shape index (κ2) is 9.24. The summed E-state index contributed by atoms with van der Waals surface area (Å²) in [6.45, 7) is 2.74. The maximum absolute atomic E-state index is 12.8. The third kappa shape index (κ3) is 4.83. The second-order valence-corrected chi connectivity index (χ2v) is 9.48. The highest BCUT2D eigenvalue weighted by atomic mass is 32.2. The molecule has 0 saturated carbocycles. The molecule has 1 unspecified atom stereocenters. The molecule has 7 heteroatoms. The van der Waals surface area contributed by atoms with Crippen LogP contribution in [0.2, 0.25) is 0 Å². The lowest BCUT2D eigenvalue weighted by molar-refractivity contribution is -0.127. The molecule has 0 aliphatic carbocycles. The molecule has 0 spiro atoms. The number of hydrogen-bond donors (Lipinski definition) is 1. The van der Waals surface area contributed by atoms with Gasteiger partial charge in [-0.1, -0.05) is 41.6 Å². The molecule has 2 bridgehead atoms. The molecule has 160 valence electrons. The quantitative estimate of drug-likeness (QED) is 0.572. The predicted molar refractivity (Wildman–Crippen MR) is 123 cm³/mol. The monoisotopic (exact) mass is 433 g/mol. The summed E-state index contributed by atoms with van der Waals surface area (Å²) in [4.78, 5) is 16.6. The Morgan fingerprint density at radius 3 is 2.61 bits per heavy atom. The Morgan fingerprint density at radius 1 is 1.10 bits per heavy atom. The van der Waals surface area contributed by atoms with Gasteiger partial charge in [0.1, 0.15) is 0 Å². The van der Waals surface area contributed by atoms with Gasteiger partial charge in [-0.2, -0.15) is 0 Å². The first-order valence-corrected chi connectivity index (χ1v) is 11.9. The molecular weight excluding hydrogens is 406 g/mol. The van der Waals surface area contributed by atoms with Gasteiger partial charge < -0.3 is 5.32 Å². The standard InChI is InChI=1S/C24H27N5OS/c30-24(25-19-7-3-1-4-8-19)23-16-28-12-11-18(23)13-21(28)15-29-14-20(26-27-29)17-31-22-9-5-2-6-10-22/h1-10,14,18,21,23H,11-13,15-17H2,(H,25,30)/t18-,21-,23-/m1/s1. The van der Waals surface area contributed by atoms with Gasteiger partial charge in [0.25, 0.3) is 0 Å². The normalized spacial score (nSPS) is 24.8. The summed E-state index contributed by atoms with van der Waals surface area (Å²) in [5.74, 6) is 1.48. The number of nitrogens with one attached hydrogen (secondary N) is 1. The highest BCUT2D eigenvalue weighted by Crippen LogP contribution is 2.37. The van der Waals surface area contributed by atoms with Crippen LogP contribution in [-0.4, -0.2) is 44.9 Å². The molecule has 31 heavy (non-hydrogen) atoms. The van der Waals surface area contributed by atoms with Crippen molar-refractivity contribution in [1.82, 2.24) is 19.9 Å². The second-order valence-electron chi connectivity index (χ2n) is 8.43. The highest BCUT2D eigenvalue weighted by Gasteiger charge is 2.43. The molecular formula is C24H27N5OS. The lowest BCUT2D eigenvalue weighted by Gasteiger charge is -2.49. The number of carbonyl (C=O) groups is 1. The van der Waals surface area contributed by atoms with Crippen molar-refractivity contribution in [2.75, 3.05) is 18.4 Å². The van der Waals surface area contributed by atoms with E-state index in [1.165, 1.54) is 4.90 Å². The third-order valence-electron chi connectivity index (χ3n) is 6.37. The fourth-order valence-corrected chi connectivity index (χ4v) is 5.56. The van der Waals surface area contributed by atoms with E-state index in [1.54, 1.807) is 11.8 Å². The van der Waals surface area contributed by atoms with Crippen molar-refractivity contribution in [2.45, 2.75) is 36.1 Å². The molecule has 3 aliphatic heterocycles. The molecule has 6 nitrogen and oxygen atoms in total. The third-order valence-corrected chi connectivity index (χ3v) is 7.42. The number of rotatable bonds is 7. The van der Waals surface area contributed by atoms with Crippen LogP contribution in [0.4, 0.5) is 5.69 Å². The Bertz CT molecular complexity index is 1010. The van der Waals surface area contributed by atoms with Gasteiger partial charge in [-0.15, -0.1) is 16.9 Å². The summed E-state index contributed by atoms with van der Waals surface area (Å²) in [5, 5.41) is 11.8. The smallest absolute Gasteiger partial charge is 0.229 e. The van der Waals surface area contributed by atoms with E-state index in [4.69, 9.17) is 0 Å². The van der Waals surface area contributed by atoms with Crippen molar-refractivity contribution in [3.63, 3.8) is 0 Å². The number of fused-ring (bicyclic) bond motifs is 3. The van der Waals surface area contributed by atoms with E-state index in [0.29, 0.717) is 12.0 Å². The average Bonchev–Trinajstić information content (AvgIpc) is 3.27. The van der Waals surface area contributed by atoms with Gasteiger partial charge in [0.15, 0.2) is 0 Å². The summed E-state index contributed by atoms with van der Waals surface area (Å²) in [5.41, 5.74) is 1.88. The average molecular weight is 434 g/mol. The molecule has 2 aromatic carbocycles. The summed E-state index contributed by atoms with van der Waals surface area (Å²) in [7, 11) is 0. The zero-order valence-electron chi connectivity index (χ0n) is 17.4. The zero-order valence-corrected chi connectivity index (χ0v) is 18.2. The maximum Gasteiger partial charge on any atom is 0.229 e. The van der Waals surface area contributed by atoms with Crippen LogP contribution in [0.1, 0.15) is 18.5 Å². The van der Waals surface area contributed by atoms with Crippen molar-refractivity contribution in [3.8, 4) is 0 Å². The SMILES string of the molecule is O=C(Nc1ccccc1)[C@@H]1CN2CC[C@@H]1C[C@@H]2Cn1cc(CSc2ccccc2)nn1. The van der Waals surface area contributed by atoms with E-state index in [9.17, 15) is 4.79 Å². The number of piperidine rings is 3. The van der Waals surface area contributed by atoms with E-state index < -0.39 is 0 Å². The fourth-order valence-electron chi connectivity index (χ4n) is 4.77. The Labute approximate surface area is 187 Å². The van der Waals surface area contributed by atoms with Gasteiger partial charge in [0.2, 0.25) is 5.91 Å². The number of benzene rings is 2. The molecule has 3 saturated heterocycles. The zero-order chi connectivity index (χ0) is 21.0. The molecule has 3 aromatic rings. The van der Waals surface area contributed by atoms with Crippen molar-refractivity contribution in [3.05, 3.63) is 72.6 Å². The number of aromatic nitrogens is 3. The molecule has 4 heterocycles. The van der Waals surface area contributed by atoms with Gasteiger partial charge in [-0.05, 0) is 49.6 Å². The predicted octanol–water partition coefficient (Wildman–Crippen LogP) is 3.92. The summed E-state index contributed by atoms with van der Waals surface area (Å²) in [6, 6.07) is 20.6. The van der Waals surface area contributed by atoms with Crippen molar-refractivity contribution in [2.24, 2.45) is 11.8 Å². The molecule has 3 aliphatic rings. The van der Waals surface area contributed by atoms with Gasteiger partial charge in [-0.25, -0.2) is 0 Å². The topological polar surface area (TPSA) is 63.1 Å². The first kappa shape index (κ1) is 20.3. The Hall–Kier alpha value is -2.64. The Morgan fingerprint density at radius 2 is 1.87 bits per heavy atom. The van der Waals surface area contributed by atoms with Crippen LogP contribution in [0.5, 0.6) is 0 Å². The molecule has 6 rings (SSSR count). The van der Waals surface area contributed by atoms with E-state index in [-0.39, 0.29) is 11.8 Å². The highest BCUT2D eigenvalue weighted by molar-refractivity contribution is 7.98. The van der Waals surface area contributed by atoms with Gasteiger partial charge >= 0.3 is 0 Å². The lowest BCUT2D eigenvalue weighted by Crippen LogP contribution is -2.57. The van der Waals surface area contributed by atoms with Crippen molar-refractivity contribution in [1.29, 1.82) is 0 Å². The number of anilines is 1. The van der Waals surface area contributed by atoms with E-state index in [1.807, 2.05) is 41.1 Å². The number of thioether (sulfide) groups is 1. The van der Waals surface area contributed by atoms with Crippen molar-refractivity contribution < 1.29 is 4.79 Å². The Balaban J connectivity index is 1.15. The molecule has 1 N–H and O–H groups in total. The molecule has 3 fully saturated rings. The number of amides is 1. The maximum atomic E-state index is 12.8. The minimum absolute atomic E-state index is 0.0683. The largest absolute Gasteiger partial charge is 0.326 e. The molecule has 4 atom stereocenters. The summed E-state index contributed by atoms with van der Waals surface area (Å²) in [6.07, 6.45) is 4.21. The van der Waals surface area contributed by atoms with Crippen LogP contribution in [0, 0.1) is 11.8 Å². The van der Waals surface area contributed by atoms with Gasteiger partial charge in [0.05, 0.1) is 18.2 Å². The Kier molecular flexibility index (Phi) is 6.04. The number of carbonyl (C=O) groups excluding carboxylic acids is 1. The van der Waals surface area contributed by atoms with Gasteiger partial charge in [0, 0.05) is 35.1 Å². The minimum atomic E-state index is 0.0683. The first-order valence-electron chi connectivity index (χ1n) is 10.9. The minimum Gasteiger partial charge on any atom is -0.326 e. The molecule has 0 radical (unpaired) electrons. The van der Waals surface area contributed by atoms with E-state index in [0.717, 1.165) is 49.6 Å². The molecule has 1 amide bonds. The van der Waals surface area contributed by atoms with Crippen LogP contribution in [0.25, 0.3) is 0 Å². The van der Waals surface area contributed by atoms with Crippen LogP contribution in [0.15, 0.2) is 71.8 Å². The number of nitrogens with zero attached hydrogens (tertiary/aromatic N) is 4. The fraction of sp³-hybridized carbons (Fsp3) is 0.375. The van der Waals surface area contributed by atoms with E-state index in [2.05, 4.69) is 51.0 Å². The van der Waals surface area contributed by atoms with E-state index >= 15 is 0 Å². The van der Waals surface area contributed by atoms with Gasteiger partial charge in [-0.3, -0.25) is 14.4 Å². The lowest BCUT2D eigenvalue weighted by atomic mass is 9.75. The first-order chi connectivity index (χ1) is 15.2. The van der Waals surface area contributed by atoms with Crippen LogP contribution in [-0.2, 0) is 17.1 Å². The summed E-state index contributed by atoms with van der Waals surface area (Å²) < 4.78 is 1.98. The van der Waals surface area contributed by atoms with Crippen LogP contribution < -0.4 is 5.32 Å². The van der Waals surface area contributed by atoms with Crippen LogP contribution >= 0.6 is 11.8 Å². The number of hydrogen-bond acceptors (Lipinski definition) is 5. The molecule has 1 aromatic heterocycles.